The Hall–Kier alpha value is -0.450. The molecule has 0 aliphatic heterocycles. The van der Waals surface area contributed by atoms with Crippen LogP contribution in [0.5, 0.6) is 0 Å². The van der Waals surface area contributed by atoms with Crippen molar-refractivity contribution in [2.45, 2.75) is 6.18 Å². The summed E-state index contributed by atoms with van der Waals surface area (Å²) in [4.78, 5) is 9.53. The van der Waals surface area contributed by atoms with Crippen LogP contribution in [-0.2, 0) is 4.74 Å². The summed E-state index contributed by atoms with van der Waals surface area (Å²) in [6, 6.07) is 0. The zero-order valence-corrected chi connectivity index (χ0v) is 4.79. The van der Waals surface area contributed by atoms with Crippen LogP contribution in [0.3, 0.4) is 0 Å². The van der Waals surface area contributed by atoms with Crippen LogP contribution in [0, 0.1) is 0 Å². The summed E-state index contributed by atoms with van der Waals surface area (Å²) in [5.41, 5.74) is -1.45. The van der Waals surface area contributed by atoms with E-state index in [1.807, 2.05) is 0 Å². The van der Waals surface area contributed by atoms with E-state index in [9.17, 15) is 18.0 Å². The largest absolute Gasteiger partial charge is 0.444 e. The summed E-state index contributed by atoms with van der Waals surface area (Å²) in [5, 5.41) is 0. The first kappa shape index (κ1) is 8.55. The minimum atomic E-state index is -4.50. The summed E-state index contributed by atoms with van der Waals surface area (Å²) in [7, 11) is 0. The molecular formula is C3H2ClF3O2. The van der Waals surface area contributed by atoms with Crippen molar-refractivity contribution in [1.29, 1.82) is 0 Å². The van der Waals surface area contributed by atoms with Crippen LogP contribution in [0.1, 0.15) is 0 Å². The molecule has 0 radical (unpaired) electrons. The molecule has 0 spiro atoms. The Balaban J connectivity index is 3.39. The van der Waals surface area contributed by atoms with E-state index in [1.165, 1.54) is 0 Å². The second-order valence-electron chi connectivity index (χ2n) is 1.14. The fraction of sp³-hybridized carbons (Fsp3) is 0.667. The summed E-state index contributed by atoms with van der Waals surface area (Å²) >= 11 is 4.42. The fourth-order valence-corrected chi connectivity index (χ4v) is 0.193. The summed E-state index contributed by atoms with van der Waals surface area (Å²) in [5.74, 6) is 0. The Bertz CT molecular complexity index is 110. The zero-order chi connectivity index (χ0) is 7.49. The molecule has 0 aliphatic rings. The van der Waals surface area contributed by atoms with Gasteiger partial charge in [-0.3, -0.25) is 0 Å². The molecule has 0 unspecified atom stereocenters. The van der Waals surface area contributed by atoms with Gasteiger partial charge in [0, 0.05) is 11.6 Å². The van der Waals surface area contributed by atoms with Gasteiger partial charge in [0.25, 0.3) is 0 Å². The molecule has 0 aromatic rings. The minimum Gasteiger partial charge on any atom is -0.444 e. The third-order valence-electron chi connectivity index (χ3n) is 0.349. The molecule has 0 saturated carbocycles. The number of alkyl halides is 3. The SMILES string of the molecule is O=C(Cl)OCC(F)(F)F. The highest BCUT2D eigenvalue weighted by molar-refractivity contribution is 6.61. The van der Waals surface area contributed by atoms with Gasteiger partial charge in [-0.15, -0.1) is 0 Å². The van der Waals surface area contributed by atoms with Gasteiger partial charge in [-0.2, -0.15) is 13.2 Å². The van der Waals surface area contributed by atoms with Gasteiger partial charge >= 0.3 is 11.6 Å². The lowest BCUT2D eigenvalue weighted by atomic mass is 10.7. The van der Waals surface area contributed by atoms with Crippen molar-refractivity contribution in [2.24, 2.45) is 0 Å². The number of rotatable bonds is 1. The molecule has 0 atom stereocenters. The monoisotopic (exact) mass is 162 g/mol. The molecule has 0 N–H and O–H groups in total. The molecule has 0 rings (SSSR count). The normalized spacial score (nSPS) is 11.1. The molecule has 9 heavy (non-hydrogen) atoms. The third kappa shape index (κ3) is 7.55. The van der Waals surface area contributed by atoms with Crippen molar-refractivity contribution in [3.05, 3.63) is 0 Å². The van der Waals surface area contributed by atoms with E-state index in [0.29, 0.717) is 0 Å². The molecule has 0 saturated heterocycles. The van der Waals surface area contributed by atoms with E-state index in [0.717, 1.165) is 0 Å². The number of hydrogen-bond acceptors (Lipinski definition) is 2. The summed E-state index contributed by atoms with van der Waals surface area (Å²) < 4.78 is 36.6. The van der Waals surface area contributed by atoms with Crippen molar-refractivity contribution in [2.75, 3.05) is 6.61 Å². The predicted octanol–water partition coefficient (Wildman–Crippen LogP) is 1.92. The quantitative estimate of drug-likeness (QED) is 0.551. The third-order valence-corrected chi connectivity index (χ3v) is 0.458. The van der Waals surface area contributed by atoms with E-state index in [1.54, 1.807) is 0 Å². The van der Waals surface area contributed by atoms with E-state index in [2.05, 4.69) is 16.3 Å². The van der Waals surface area contributed by atoms with Gasteiger partial charge in [0.2, 0.25) is 0 Å². The van der Waals surface area contributed by atoms with Crippen molar-refractivity contribution in [3.8, 4) is 0 Å². The lowest BCUT2D eigenvalue weighted by molar-refractivity contribution is -0.158. The molecule has 0 amide bonds. The zero-order valence-electron chi connectivity index (χ0n) is 4.04. The smallest absolute Gasteiger partial charge is 0.422 e. The highest BCUT2D eigenvalue weighted by atomic mass is 35.5. The van der Waals surface area contributed by atoms with Gasteiger partial charge in [0.15, 0.2) is 6.61 Å². The van der Waals surface area contributed by atoms with Gasteiger partial charge in [-0.25, -0.2) is 4.79 Å². The number of carbonyl (C=O) groups is 1. The van der Waals surface area contributed by atoms with Crippen LogP contribution >= 0.6 is 11.6 Å². The van der Waals surface area contributed by atoms with Gasteiger partial charge in [-0.05, 0) is 0 Å². The highest BCUT2D eigenvalue weighted by Crippen LogP contribution is 2.14. The van der Waals surface area contributed by atoms with E-state index < -0.39 is 18.2 Å². The molecule has 0 aromatic carbocycles. The average molecular weight is 162 g/mol. The van der Waals surface area contributed by atoms with E-state index >= 15 is 0 Å². The van der Waals surface area contributed by atoms with Crippen molar-refractivity contribution in [1.82, 2.24) is 0 Å². The van der Waals surface area contributed by atoms with Crippen LogP contribution in [-0.4, -0.2) is 18.2 Å². The maximum atomic E-state index is 11.1. The van der Waals surface area contributed by atoms with Gasteiger partial charge in [0.1, 0.15) is 0 Å². The topological polar surface area (TPSA) is 26.3 Å². The van der Waals surface area contributed by atoms with Crippen molar-refractivity contribution >= 4 is 17.0 Å². The Morgan fingerprint density at radius 1 is 1.56 bits per heavy atom. The van der Waals surface area contributed by atoms with Crippen LogP contribution in [0.2, 0.25) is 0 Å². The molecule has 0 heterocycles. The Morgan fingerprint density at radius 3 is 2.11 bits per heavy atom. The highest BCUT2D eigenvalue weighted by Gasteiger charge is 2.29. The lowest BCUT2D eigenvalue weighted by Gasteiger charge is -2.03. The molecular weight excluding hydrogens is 160 g/mol. The first-order valence-corrected chi connectivity index (χ1v) is 2.18. The molecule has 0 bridgehead atoms. The first-order chi connectivity index (χ1) is 3.92. The van der Waals surface area contributed by atoms with Gasteiger partial charge in [-0.1, -0.05) is 0 Å². The van der Waals surface area contributed by atoms with Crippen molar-refractivity contribution in [3.63, 3.8) is 0 Å². The average Bonchev–Trinajstić information content (AvgIpc) is 1.59. The van der Waals surface area contributed by atoms with Crippen LogP contribution < -0.4 is 0 Å². The molecule has 0 aromatic heterocycles. The van der Waals surface area contributed by atoms with Crippen LogP contribution in [0.15, 0.2) is 0 Å². The Kier molecular flexibility index (Phi) is 2.76. The molecule has 54 valence electrons. The fourth-order valence-electron chi connectivity index (χ4n) is 0.139. The molecule has 0 aliphatic carbocycles. The molecule has 2 nitrogen and oxygen atoms in total. The van der Waals surface area contributed by atoms with Crippen LogP contribution in [0.25, 0.3) is 0 Å². The number of carbonyl (C=O) groups excluding carboxylic acids is 1. The standard InChI is InChI=1S/C3H2ClF3O2/c4-2(8)9-1-3(5,6)7/h1H2. The molecule has 6 heteroatoms. The first-order valence-electron chi connectivity index (χ1n) is 1.81. The Labute approximate surface area is 53.5 Å². The van der Waals surface area contributed by atoms with Crippen molar-refractivity contribution < 1.29 is 22.7 Å². The Morgan fingerprint density at radius 2 is 2.00 bits per heavy atom. The maximum Gasteiger partial charge on any atom is 0.422 e. The van der Waals surface area contributed by atoms with Gasteiger partial charge < -0.3 is 4.74 Å². The van der Waals surface area contributed by atoms with Crippen LogP contribution in [0.4, 0.5) is 18.0 Å². The number of halogens is 4. The van der Waals surface area contributed by atoms with E-state index in [-0.39, 0.29) is 0 Å². The predicted molar refractivity (Wildman–Crippen MR) is 23.3 cm³/mol. The number of hydrogen-bond donors (Lipinski definition) is 0. The lowest BCUT2D eigenvalue weighted by Crippen LogP contribution is -2.17. The minimum absolute atomic E-state index is 1.45. The maximum absolute atomic E-state index is 11.1. The second-order valence-corrected chi connectivity index (χ2v) is 1.45. The molecule has 0 fully saturated rings. The summed E-state index contributed by atoms with van der Waals surface area (Å²) in [6.07, 6.45) is -4.50. The second kappa shape index (κ2) is 2.91. The summed E-state index contributed by atoms with van der Waals surface area (Å²) in [6.45, 7) is -1.63. The van der Waals surface area contributed by atoms with Gasteiger partial charge in [0.05, 0.1) is 0 Å². The van der Waals surface area contributed by atoms with E-state index in [4.69, 9.17) is 0 Å². The number of ether oxygens (including phenoxy) is 1.